The van der Waals surface area contributed by atoms with Gasteiger partial charge in [0, 0.05) is 62.6 Å². The number of hydrogen-bond acceptors (Lipinski definition) is 7. The van der Waals surface area contributed by atoms with Crippen molar-refractivity contribution in [3.8, 4) is 11.3 Å². The second kappa shape index (κ2) is 12.0. The molecule has 1 fully saturated rings. The Morgan fingerprint density at radius 2 is 2.03 bits per heavy atom. The number of likely N-dealkylation sites (N-methyl/N-ethyl adjacent to an activating group) is 1. The molecule has 0 spiro atoms. The van der Waals surface area contributed by atoms with Crippen LogP contribution in [0.2, 0.25) is 0 Å². The van der Waals surface area contributed by atoms with Crippen LogP contribution in [0.15, 0.2) is 36.8 Å². The van der Waals surface area contributed by atoms with Crippen LogP contribution >= 0.6 is 0 Å². The summed E-state index contributed by atoms with van der Waals surface area (Å²) in [4.78, 5) is 18.3. The third-order valence-electron chi connectivity index (χ3n) is 7.30. The first-order chi connectivity index (χ1) is 17.8. The van der Waals surface area contributed by atoms with Crippen LogP contribution in [-0.2, 0) is 11.3 Å². The summed E-state index contributed by atoms with van der Waals surface area (Å²) in [5, 5.41) is 0. The topological polar surface area (TPSA) is 85.3 Å². The average molecular weight is 510 g/mol. The monoisotopic (exact) mass is 509 g/mol. The molecule has 8 nitrogen and oxygen atoms in total. The molecule has 3 aromatic rings. The van der Waals surface area contributed by atoms with Crippen molar-refractivity contribution >= 4 is 11.6 Å². The highest BCUT2D eigenvalue weighted by atomic mass is 19.1. The van der Waals surface area contributed by atoms with Crippen LogP contribution in [0.3, 0.4) is 0 Å². The number of ether oxygens (including phenoxy) is 1. The van der Waals surface area contributed by atoms with Crippen molar-refractivity contribution in [3.05, 3.63) is 54.0 Å². The van der Waals surface area contributed by atoms with Gasteiger partial charge in [-0.05, 0) is 64.4 Å². The molecule has 2 unspecified atom stereocenters. The molecule has 0 bridgehead atoms. The minimum Gasteiger partial charge on any atom is -0.384 e. The standard InChI is InChI=1S/C28H40FN7O/c1-6-34(19(3)4)12-13-36-16-24(21-8-9-23(29)20(5)14-21)33-28(36)22-10-11-35(17-25(22)37-7-2)27-15-26(30)31-18-32-27/h8-9,14-16,18-19,22,25H,6-7,10-13,17H2,1-5H3,(H2,30,31,32). The molecule has 0 amide bonds. The third-order valence-corrected chi connectivity index (χ3v) is 7.30. The molecule has 0 radical (unpaired) electrons. The number of rotatable bonds is 10. The van der Waals surface area contributed by atoms with Crippen LogP contribution in [0, 0.1) is 12.7 Å². The lowest BCUT2D eigenvalue weighted by atomic mass is 9.92. The smallest absolute Gasteiger partial charge is 0.134 e. The highest BCUT2D eigenvalue weighted by Crippen LogP contribution is 2.34. The normalized spacial score (nSPS) is 18.2. The van der Waals surface area contributed by atoms with Crippen LogP contribution in [0.25, 0.3) is 11.3 Å². The number of piperidine rings is 1. The quantitative estimate of drug-likeness (QED) is 0.431. The van der Waals surface area contributed by atoms with Crippen molar-refractivity contribution in [2.24, 2.45) is 0 Å². The molecule has 1 aliphatic rings. The lowest BCUT2D eigenvalue weighted by Gasteiger charge is -2.38. The lowest BCUT2D eigenvalue weighted by Crippen LogP contribution is -2.45. The molecular formula is C28H40FN7O. The minimum atomic E-state index is -0.201. The van der Waals surface area contributed by atoms with E-state index in [1.165, 1.54) is 12.4 Å². The highest BCUT2D eigenvalue weighted by molar-refractivity contribution is 5.60. The summed E-state index contributed by atoms with van der Waals surface area (Å²) >= 11 is 0. The molecule has 9 heteroatoms. The second-order valence-electron chi connectivity index (χ2n) is 10.0. The molecule has 2 aromatic heterocycles. The van der Waals surface area contributed by atoms with Crippen LogP contribution in [-0.4, -0.2) is 69.4 Å². The number of imidazole rings is 1. The van der Waals surface area contributed by atoms with Crippen LogP contribution in [0.4, 0.5) is 16.0 Å². The Labute approximate surface area is 219 Å². The summed E-state index contributed by atoms with van der Waals surface area (Å²) < 4.78 is 22.6. The van der Waals surface area contributed by atoms with Gasteiger partial charge in [0.2, 0.25) is 0 Å². The fourth-order valence-electron chi connectivity index (χ4n) is 5.20. The van der Waals surface area contributed by atoms with E-state index in [1.54, 1.807) is 6.92 Å². The molecule has 1 saturated heterocycles. The van der Waals surface area contributed by atoms with Gasteiger partial charge in [0.25, 0.3) is 0 Å². The number of benzene rings is 1. The van der Waals surface area contributed by atoms with Gasteiger partial charge in [-0.15, -0.1) is 0 Å². The molecule has 0 saturated carbocycles. The molecule has 0 aliphatic carbocycles. The fourth-order valence-corrected chi connectivity index (χ4v) is 5.20. The molecule has 3 heterocycles. The Bertz CT molecular complexity index is 1180. The number of nitrogen functional groups attached to an aromatic ring is 1. The van der Waals surface area contributed by atoms with E-state index in [0.29, 0.717) is 30.6 Å². The molecule has 1 aromatic carbocycles. The Morgan fingerprint density at radius 3 is 2.70 bits per heavy atom. The lowest BCUT2D eigenvalue weighted by molar-refractivity contribution is 0.0336. The Morgan fingerprint density at radius 1 is 1.22 bits per heavy atom. The number of hydrogen-bond donors (Lipinski definition) is 1. The maximum atomic E-state index is 14.0. The number of aromatic nitrogens is 4. The van der Waals surface area contributed by atoms with E-state index < -0.39 is 0 Å². The summed E-state index contributed by atoms with van der Waals surface area (Å²) in [5.41, 5.74) is 8.33. The van der Waals surface area contributed by atoms with E-state index in [1.807, 2.05) is 25.1 Å². The molecule has 37 heavy (non-hydrogen) atoms. The molecule has 2 N–H and O–H groups in total. The summed E-state index contributed by atoms with van der Waals surface area (Å²) in [6.07, 6.45) is 4.45. The number of nitrogens with zero attached hydrogens (tertiary/aromatic N) is 6. The zero-order chi connectivity index (χ0) is 26.5. The van der Waals surface area contributed by atoms with Gasteiger partial charge < -0.3 is 19.9 Å². The maximum absolute atomic E-state index is 14.0. The van der Waals surface area contributed by atoms with E-state index >= 15 is 0 Å². The van der Waals surface area contributed by atoms with Crippen LogP contribution < -0.4 is 10.6 Å². The summed E-state index contributed by atoms with van der Waals surface area (Å²) in [5.74, 6) is 2.22. The van der Waals surface area contributed by atoms with Gasteiger partial charge in [0.05, 0.1) is 11.8 Å². The van der Waals surface area contributed by atoms with Gasteiger partial charge >= 0.3 is 0 Å². The fraction of sp³-hybridized carbons (Fsp3) is 0.536. The minimum absolute atomic E-state index is 0.0497. The van der Waals surface area contributed by atoms with Crippen LogP contribution in [0.5, 0.6) is 0 Å². The summed E-state index contributed by atoms with van der Waals surface area (Å²) in [6, 6.07) is 7.49. The largest absolute Gasteiger partial charge is 0.384 e. The zero-order valence-electron chi connectivity index (χ0n) is 22.7. The molecule has 2 atom stereocenters. The number of halogens is 1. The highest BCUT2D eigenvalue weighted by Gasteiger charge is 2.35. The predicted octanol–water partition coefficient (Wildman–Crippen LogP) is 4.50. The molecule has 4 rings (SSSR count). The van der Waals surface area contributed by atoms with E-state index in [-0.39, 0.29) is 17.8 Å². The van der Waals surface area contributed by atoms with Gasteiger partial charge in [-0.2, -0.15) is 0 Å². The van der Waals surface area contributed by atoms with E-state index in [9.17, 15) is 4.39 Å². The van der Waals surface area contributed by atoms with Crippen molar-refractivity contribution in [2.75, 3.05) is 43.4 Å². The van der Waals surface area contributed by atoms with E-state index in [2.05, 4.69) is 51.3 Å². The maximum Gasteiger partial charge on any atom is 0.134 e. The van der Waals surface area contributed by atoms with Gasteiger partial charge in [0.15, 0.2) is 0 Å². The molecule has 200 valence electrons. The van der Waals surface area contributed by atoms with Gasteiger partial charge in [-0.1, -0.05) is 6.92 Å². The average Bonchev–Trinajstić information content (AvgIpc) is 3.30. The first-order valence-electron chi connectivity index (χ1n) is 13.3. The van der Waals surface area contributed by atoms with Crippen molar-refractivity contribution in [2.45, 2.75) is 65.6 Å². The van der Waals surface area contributed by atoms with Crippen molar-refractivity contribution < 1.29 is 9.13 Å². The van der Waals surface area contributed by atoms with E-state index in [0.717, 1.165) is 55.5 Å². The van der Waals surface area contributed by atoms with Crippen LogP contribution in [0.1, 0.15) is 51.4 Å². The number of aryl methyl sites for hydroxylation is 1. The van der Waals surface area contributed by atoms with Gasteiger partial charge in [-0.25, -0.2) is 19.3 Å². The number of anilines is 2. The molecular weight excluding hydrogens is 469 g/mol. The van der Waals surface area contributed by atoms with Crippen molar-refractivity contribution in [1.29, 1.82) is 0 Å². The van der Waals surface area contributed by atoms with Crippen molar-refractivity contribution in [1.82, 2.24) is 24.4 Å². The molecule has 1 aliphatic heterocycles. The summed E-state index contributed by atoms with van der Waals surface area (Å²) in [7, 11) is 0. The first kappa shape index (κ1) is 27.0. The third kappa shape index (κ3) is 6.27. The predicted molar refractivity (Wildman–Crippen MR) is 146 cm³/mol. The summed E-state index contributed by atoms with van der Waals surface area (Å²) in [6.45, 7) is 15.3. The SMILES string of the molecule is CCOC1CN(c2cc(N)ncn2)CCC1c1nc(-c2ccc(F)c(C)c2)cn1CCN(CC)C(C)C. The second-order valence-corrected chi connectivity index (χ2v) is 10.0. The van der Waals surface area contributed by atoms with Gasteiger partial charge in [-0.3, -0.25) is 4.90 Å². The first-order valence-corrected chi connectivity index (χ1v) is 13.3. The van der Waals surface area contributed by atoms with E-state index in [4.69, 9.17) is 15.5 Å². The van der Waals surface area contributed by atoms with Gasteiger partial charge in [0.1, 0.15) is 29.6 Å². The zero-order valence-corrected chi connectivity index (χ0v) is 22.7. The Hall–Kier alpha value is -3.04. The van der Waals surface area contributed by atoms with Crippen molar-refractivity contribution in [3.63, 3.8) is 0 Å². The Balaban J connectivity index is 1.66. The Kier molecular flexibility index (Phi) is 8.76. The number of nitrogens with two attached hydrogens (primary N) is 1.